The van der Waals surface area contributed by atoms with E-state index in [9.17, 15) is 4.79 Å². The molecule has 0 saturated carbocycles. The summed E-state index contributed by atoms with van der Waals surface area (Å²) in [6.07, 6.45) is 2.86. The van der Waals surface area contributed by atoms with Crippen molar-refractivity contribution in [3.8, 4) is 11.1 Å². The summed E-state index contributed by atoms with van der Waals surface area (Å²) in [6, 6.07) is 14.7. The standard InChI is InChI=1S/C31H37N5O3S/c1-5-7-12-29-33-27-17-32-16-26(27)31(37)36(29)18-22-13-14-24(23(15-22)19-38-6-2)25-10-8-9-11-28(25)40-35-30-20(3)21(4)39-34-30/h8-11,13-15,32H,5-7,12,16-19H2,1-4H3,(H,34,35). The van der Waals surface area contributed by atoms with Crippen molar-refractivity contribution in [2.45, 2.75) is 78.1 Å². The Morgan fingerprint density at radius 3 is 2.75 bits per heavy atom. The molecule has 2 aromatic heterocycles. The molecular weight excluding hydrogens is 522 g/mol. The van der Waals surface area contributed by atoms with Crippen LogP contribution < -0.4 is 15.6 Å². The molecule has 0 aliphatic carbocycles. The summed E-state index contributed by atoms with van der Waals surface area (Å²) in [7, 11) is 0. The van der Waals surface area contributed by atoms with Crippen LogP contribution in [0.5, 0.6) is 0 Å². The van der Waals surface area contributed by atoms with Crippen LogP contribution in [0.4, 0.5) is 5.82 Å². The van der Waals surface area contributed by atoms with Crippen molar-refractivity contribution in [1.29, 1.82) is 0 Å². The van der Waals surface area contributed by atoms with E-state index in [4.69, 9.17) is 14.2 Å². The molecule has 0 radical (unpaired) electrons. The molecule has 4 aromatic rings. The summed E-state index contributed by atoms with van der Waals surface area (Å²) in [5, 5.41) is 7.42. The molecule has 0 saturated heterocycles. The second-order valence-electron chi connectivity index (χ2n) is 10.1. The summed E-state index contributed by atoms with van der Waals surface area (Å²) in [5.41, 5.74) is 7.11. The highest BCUT2D eigenvalue weighted by Crippen LogP contribution is 2.35. The van der Waals surface area contributed by atoms with Gasteiger partial charge < -0.3 is 19.3 Å². The number of benzene rings is 2. The Kier molecular flexibility index (Phi) is 9.04. The fourth-order valence-corrected chi connectivity index (χ4v) is 5.75. The Morgan fingerprint density at radius 2 is 1.98 bits per heavy atom. The number of nitrogens with one attached hydrogen (secondary N) is 2. The predicted molar refractivity (Wildman–Crippen MR) is 159 cm³/mol. The van der Waals surface area contributed by atoms with Crippen molar-refractivity contribution < 1.29 is 9.26 Å². The smallest absolute Gasteiger partial charge is 0.258 e. The lowest BCUT2D eigenvalue weighted by molar-refractivity contribution is 0.134. The first kappa shape index (κ1) is 28.1. The normalized spacial score (nSPS) is 12.6. The van der Waals surface area contributed by atoms with Crippen molar-refractivity contribution in [1.82, 2.24) is 20.0 Å². The SMILES string of the molecule is CCCCc1nc2c(c(=O)n1Cc1ccc(-c3ccccc3SNc3noc(C)c3C)c(COCC)c1)CNC2. The first-order valence-corrected chi connectivity index (χ1v) is 14.8. The highest BCUT2D eigenvalue weighted by Gasteiger charge is 2.21. The van der Waals surface area contributed by atoms with Gasteiger partial charge in [0.15, 0.2) is 5.82 Å². The number of hydrogen-bond donors (Lipinski definition) is 2. The molecule has 2 N–H and O–H groups in total. The van der Waals surface area contributed by atoms with Crippen molar-refractivity contribution >= 4 is 17.8 Å². The number of rotatable bonds is 12. The molecule has 0 atom stereocenters. The first-order chi connectivity index (χ1) is 19.5. The van der Waals surface area contributed by atoms with Crippen LogP contribution in [0.1, 0.15) is 66.2 Å². The largest absolute Gasteiger partial charge is 0.377 e. The van der Waals surface area contributed by atoms with E-state index < -0.39 is 0 Å². The second-order valence-corrected chi connectivity index (χ2v) is 10.9. The number of hydrogen-bond acceptors (Lipinski definition) is 8. The summed E-state index contributed by atoms with van der Waals surface area (Å²) >= 11 is 1.51. The molecule has 1 aliphatic rings. The van der Waals surface area contributed by atoms with Gasteiger partial charge in [0.25, 0.3) is 5.56 Å². The van der Waals surface area contributed by atoms with Gasteiger partial charge in [-0.05, 0) is 67.5 Å². The molecule has 2 aromatic carbocycles. The summed E-state index contributed by atoms with van der Waals surface area (Å²) in [4.78, 5) is 19.5. The van der Waals surface area contributed by atoms with E-state index in [0.29, 0.717) is 32.8 Å². The van der Waals surface area contributed by atoms with Crippen molar-refractivity contribution in [2.75, 3.05) is 11.3 Å². The zero-order chi connectivity index (χ0) is 28.1. The average Bonchev–Trinajstić information content (AvgIpc) is 3.57. The molecule has 0 unspecified atom stereocenters. The summed E-state index contributed by atoms with van der Waals surface area (Å²) in [5.74, 6) is 2.40. The lowest BCUT2D eigenvalue weighted by Crippen LogP contribution is -2.29. The quantitative estimate of drug-likeness (QED) is 0.199. The highest BCUT2D eigenvalue weighted by molar-refractivity contribution is 8.00. The van der Waals surface area contributed by atoms with E-state index in [2.05, 4.69) is 52.5 Å². The van der Waals surface area contributed by atoms with Crippen LogP contribution >= 0.6 is 11.9 Å². The first-order valence-electron chi connectivity index (χ1n) is 14.0. The van der Waals surface area contributed by atoms with Gasteiger partial charge in [-0.1, -0.05) is 54.9 Å². The van der Waals surface area contributed by atoms with Crippen LogP contribution in [0.3, 0.4) is 0 Å². The molecule has 8 nitrogen and oxygen atoms in total. The Labute approximate surface area is 239 Å². The number of anilines is 1. The lowest BCUT2D eigenvalue weighted by atomic mass is 9.97. The molecular formula is C31H37N5O3S. The van der Waals surface area contributed by atoms with Crippen LogP contribution in [0.2, 0.25) is 0 Å². The van der Waals surface area contributed by atoms with E-state index in [0.717, 1.165) is 80.6 Å². The third-order valence-corrected chi connectivity index (χ3v) is 8.21. The predicted octanol–water partition coefficient (Wildman–Crippen LogP) is 6.16. The maximum absolute atomic E-state index is 13.5. The van der Waals surface area contributed by atoms with E-state index in [1.165, 1.54) is 11.9 Å². The number of aromatic nitrogens is 3. The third-order valence-electron chi connectivity index (χ3n) is 7.34. The molecule has 9 heteroatoms. The van der Waals surface area contributed by atoms with Crippen LogP contribution in [-0.4, -0.2) is 21.3 Å². The van der Waals surface area contributed by atoms with E-state index in [1.54, 1.807) is 0 Å². The number of unbranched alkanes of at least 4 members (excludes halogenated alkanes) is 1. The minimum atomic E-state index is 0.0720. The fraction of sp³-hybridized carbons (Fsp3) is 0.387. The molecule has 3 heterocycles. The Balaban J connectivity index is 1.48. The van der Waals surface area contributed by atoms with Gasteiger partial charge in [-0.2, -0.15) is 0 Å². The van der Waals surface area contributed by atoms with Crippen molar-refractivity contribution in [3.63, 3.8) is 0 Å². The maximum atomic E-state index is 13.5. The number of ether oxygens (including phenoxy) is 1. The third kappa shape index (κ3) is 6.01. The maximum Gasteiger partial charge on any atom is 0.258 e. The Morgan fingerprint density at radius 1 is 1.12 bits per heavy atom. The van der Waals surface area contributed by atoms with E-state index >= 15 is 0 Å². The van der Waals surface area contributed by atoms with Gasteiger partial charge in [-0.15, -0.1) is 0 Å². The molecule has 0 spiro atoms. The van der Waals surface area contributed by atoms with E-state index in [-0.39, 0.29) is 5.56 Å². The zero-order valence-electron chi connectivity index (χ0n) is 23.7. The topological polar surface area (TPSA) is 94.2 Å². The molecule has 0 bridgehead atoms. The lowest BCUT2D eigenvalue weighted by Gasteiger charge is -2.17. The monoisotopic (exact) mass is 559 g/mol. The van der Waals surface area contributed by atoms with Crippen molar-refractivity contribution in [3.05, 3.63) is 92.4 Å². The van der Waals surface area contributed by atoms with Crippen LogP contribution in [-0.2, 0) is 37.4 Å². The van der Waals surface area contributed by atoms with Gasteiger partial charge in [-0.25, -0.2) is 4.98 Å². The van der Waals surface area contributed by atoms with Gasteiger partial charge in [-0.3, -0.25) is 9.36 Å². The van der Waals surface area contributed by atoms with Crippen LogP contribution in [0.25, 0.3) is 11.1 Å². The molecule has 1 aliphatic heterocycles. The van der Waals surface area contributed by atoms with Crippen LogP contribution in [0.15, 0.2) is 56.7 Å². The van der Waals surface area contributed by atoms with Gasteiger partial charge >= 0.3 is 0 Å². The summed E-state index contributed by atoms with van der Waals surface area (Å²) in [6.45, 7) is 10.9. The molecule has 5 rings (SSSR count). The Bertz CT molecular complexity index is 1540. The molecule has 40 heavy (non-hydrogen) atoms. The van der Waals surface area contributed by atoms with Gasteiger partial charge in [0.1, 0.15) is 11.6 Å². The van der Waals surface area contributed by atoms with Gasteiger partial charge in [0.2, 0.25) is 0 Å². The van der Waals surface area contributed by atoms with Gasteiger partial charge in [0.05, 0.1) is 24.4 Å². The minimum absolute atomic E-state index is 0.0720. The average molecular weight is 560 g/mol. The highest BCUT2D eigenvalue weighted by atomic mass is 32.2. The zero-order valence-corrected chi connectivity index (χ0v) is 24.5. The van der Waals surface area contributed by atoms with Crippen molar-refractivity contribution in [2.24, 2.45) is 0 Å². The van der Waals surface area contributed by atoms with Crippen LogP contribution in [0, 0.1) is 13.8 Å². The number of fused-ring (bicyclic) bond motifs is 1. The Hall–Kier alpha value is -3.40. The molecule has 0 fully saturated rings. The minimum Gasteiger partial charge on any atom is -0.377 e. The molecule has 0 amide bonds. The number of aryl methyl sites for hydroxylation is 2. The fourth-order valence-electron chi connectivity index (χ4n) is 4.92. The van der Waals surface area contributed by atoms with Gasteiger partial charge in [0, 0.05) is 36.6 Å². The summed E-state index contributed by atoms with van der Waals surface area (Å²) < 4.78 is 16.4. The molecule has 210 valence electrons. The number of nitrogens with zero attached hydrogens (tertiary/aromatic N) is 3. The second kappa shape index (κ2) is 12.8. The van der Waals surface area contributed by atoms with E-state index in [1.807, 2.05) is 37.5 Å².